The molecule has 0 saturated carbocycles. The number of hydrogen-bond acceptors (Lipinski definition) is 7. The molecule has 0 aliphatic rings. The van der Waals surface area contributed by atoms with Gasteiger partial charge < -0.3 is 25.2 Å². The Morgan fingerprint density at radius 1 is 0.947 bits per heavy atom. The summed E-state index contributed by atoms with van der Waals surface area (Å²) < 4.78 is 39.5. The van der Waals surface area contributed by atoms with Gasteiger partial charge in [-0.1, -0.05) is 36.4 Å². The lowest BCUT2D eigenvalue weighted by Gasteiger charge is -2.22. The number of amides is 2. The molecule has 1 unspecified atom stereocenters. The molecule has 0 aliphatic heterocycles. The van der Waals surface area contributed by atoms with E-state index >= 15 is 0 Å². The molecule has 38 heavy (non-hydrogen) atoms. The maximum atomic E-state index is 13.5. The van der Waals surface area contributed by atoms with Crippen LogP contribution in [-0.2, 0) is 21.4 Å². The minimum Gasteiger partial charge on any atom is -0.490 e. The molecule has 3 aromatic rings. The van der Waals surface area contributed by atoms with Gasteiger partial charge in [0.1, 0.15) is 6.04 Å². The summed E-state index contributed by atoms with van der Waals surface area (Å²) in [6, 6.07) is 18.2. The number of rotatable bonds is 12. The predicted octanol–water partition coefficient (Wildman–Crippen LogP) is 4.30. The van der Waals surface area contributed by atoms with Crippen LogP contribution in [0, 0.1) is 0 Å². The topological polar surface area (TPSA) is 143 Å². The minimum absolute atomic E-state index is 0.0514. The van der Waals surface area contributed by atoms with E-state index in [9.17, 15) is 18.0 Å². The second-order valence-electron chi connectivity index (χ2n) is 8.53. The van der Waals surface area contributed by atoms with Crippen molar-refractivity contribution in [2.24, 2.45) is 0 Å². The summed E-state index contributed by atoms with van der Waals surface area (Å²) in [6.45, 7) is 5.98. The molecule has 2 amide bonds. The monoisotopic (exact) mass is 541 g/mol. The predicted molar refractivity (Wildman–Crippen MR) is 143 cm³/mol. The number of carboxylic acid groups (broad SMARTS) is 1. The molecule has 4 N–H and O–H groups in total. The van der Waals surface area contributed by atoms with E-state index in [0.29, 0.717) is 34.9 Å². The number of ether oxygens (including phenoxy) is 2. The normalized spacial score (nSPS) is 11.9. The van der Waals surface area contributed by atoms with Crippen LogP contribution in [0.3, 0.4) is 0 Å². The zero-order valence-electron chi connectivity index (χ0n) is 21.3. The number of nitrogens with one attached hydrogen (secondary N) is 3. The fourth-order valence-electron chi connectivity index (χ4n) is 3.59. The van der Waals surface area contributed by atoms with Gasteiger partial charge in [0, 0.05) is 12.2 Å². The van der Waals surface area contributed by atoms with Gasteiger partial charge in [0.05, 0.1) is 17.6 Å². The molecule has 3 aromatic carbocycles. The summed E-state index contributed by atoms with van der Waals surface area (Å²) in [5.41, 5.74) is 1.55. The highest BCUT2D eigenvalue weighted by Crippen LogP contribution is 2.33. The number of carbonyl (C=O) groups is 2. The van der Waals surface area contributed by atoms with Crippen LogP contribution in [0.4, 0.5) is 10.5 Å². The smallest absolute Gasteiger partial charge is 0.404 e. The largest absolute Gasteiger partial charge is 0.490 e. The molecule has 1 atom stereocenters. The lowest BCUT2D eigenvalue weighted by molar-refractivity contribution is -0.120. The Balaban J connectivity index is 1.99. The highest BCUT2D eigenvalue weighted by Gasteiger charge is 2.27. The van der Waals surface area contributed by atoms with E-state index in [1.165, 1.54) is 12.1 Å². The molecular formula is C27H31N3O7S. The van der Waals surface area contributed by atoms with Crippen LogP contribution in [0.5, 0.6) is 11.5 Å². The van der Waals surface area contributed by atoms with Crippen LogP contribution in [0.1, 0.15) is 37.9 Å². The average Bonchev–Trinajstić information content (AvgIpc) is 2.87. The molecule has 3 rings (SSSR count). The molecule has 10 nitrogen and oxygen atoms in total. The Hall–Kier alpha value is -4.25. The van der Waals surface area contributed by atoms with Crippen LogP contribution >= 0.6 is 0 Å². The number of carbonyl (C=O) groups excluding carboxylic acids is 1. The summed E-state index contributed by atoms with van der Waals surface area (Å²) in [6.07, 6.45) is -1.28. The maximum Gasteiger partial charge on any atom is 0.404 e. The van der Waals surface area contributed by atoms with Gasteiger partial charge >= 0.3 is 6.09 Å². The van der Waals surface area contributed by atoms with E-state index in [0.717, 1.165) is 0 Å². The maximum absolute atomic E-state index is 13.5. The third-order valence-corrected chi connectivity index (χ3v) is 6.56. The van der Waals surface area contributed by atoms with Crippen molar-refractivity contribution >= 4 is 27.7 Å². The van der Waals surface area contributed by atoms with E-state index in [2.05, 4.69) is 15.4 Å². The average molecular weight is 542 g/mol. The standard InChI is InChI=1S/C27H31N3O7S/c1-4-36-24-16-20(13-14-23(24)37-18(2)3)25(26(31)30-38(34,35)22-11-6-5-7-12-22)29-21-10-8-9-19(15-21)17-28-27(32)33/h5-16,18,25,28-29H,4,17H2,1-3H3,(H,30,31)(H,32,33). The van der Waals surface area contributed by atoms with Crippen LogP contribution in [0.15, 0.2) is 77.7 Å². The Morgan fingerprint density at radius 2 is 1.68 bits per heavy atom. The summed E-state index contributed by atoms with van der Waals surface area (Å²) in [5.74, 6) is 0.0786. The van der Waals surface area contributed by atoms with Gasteiger partial charge in [0.2, 0.25) is 0 Å². The van der Waals surface area contributed by atoms with Crippen molar-refractivity contribution < 1.29 is 32.6 Å². The van der Waals surface area contributed by atoms with E-state index < -0.39 is 28.1 Å². The Labute approximate surface area is 222 Å². The molecule has 0 aliphatic carbocycles. The number of hydrogen-bond donors (Lipinski definition) is 4. The van der Waals surface area contributed by atoms with E-state index in [1.807, 2.05) is 20.8 Å². The van der Waals surface area contributed by atoms with Crippen molar-refractivity contribution in [2.75, 3.05) is 11.9 Å². The molecular weight excluding hydrogens is 510 g/mol. The minimum atomic E-state index is -4.15. The van der Waals surface area contributed by atoms with Gasteiger partial charge in [-0.15, -0.1) is 0 Å². The summed E-state index contributed by atoms with van der Waals surface area (Å²) >= 11 is 0. The summed E-state index contributed by atoms with van der Waals surface area (Å²) in [5, 5.41) is 14.3. The van der Waals surface area contributed by atoms with Gasteiger partial charge in [0.15, 0.2) is 11.5 Å². The third kappa shape index (κ3) is 7.87. The van der Waals surface area contributed by atoms with Crippen molar-refractivity contribution in [2.45, 2.75) is 44.4 Å². The van der Waals surface area contributed by atoms with Crippen molar-refractivity contribution in [3.05, 3.63) is 83.9 Å². The van der Waals surface area contributed by atoms with E-state index in [4.69, 9.17) is 14.6 Å². The highest BCUT2D eigenvalue weighted by atomic mass is 32.2. The van der Waals surface area contributed by atoms with Crippen molar-refractivity contribution in [3.8, 4) is 11.5 Å². The molecule has 0 aromatic heterocycles. The second kappa shape index (κ2) is 12.8. The molecule has 0 fully saturated rings. The van der Waals surface area contributed by atoms with E-state index in [1.54, 1.807) is 60.7 Å². The molecule has 0 radical (unpaired) electrons. The van der Waals surface area contributed by atoms with E-state index in [-0.39, 0.29) is 17.5 Å². The van der Waals surface area contributed by atoms with Gasteiger partial charge in [-0.3, -0.25) is 4.79 Å². The second-order valence-corrected chi connectivity index (χ2v) is 10.2. The first-order valence-corrected chi connectivity index (χ1v) is 13.4. The number of sulfonamides is 1. The molecule has 0 heterocycles. The van der Waals surface area contributed by atoms with Gasteiger partial charge in [-0.2, -0.15) is 0 Å². The summed E-state index contributed by atoms with van der Waals surface area (Å²) in [7, 11) is -4.15. The lowest BCUT2D eigenvalue weighted by atomic mass is 10.0. The number of benzene rings is 3. The Bertz CT molecular complexity index is 1360. The first-order valence-electron chi connectivity index (χ1n) is 12.0. The van der Waals surface area contributed by atoms with Crippen LogP contribution in [0.2, 0.25) is 0 Å². The zero-order chi connectivity index (χ0) is 27.7. The third-order valence-electron chi connectivity index (χ3n) is 5.20. The quantitative estimate of drug-likeness (QED) is 0.266. The van der Waals surface area contributed by atoms with Crippen molar-refractivity contribution in [3.63, 3.8) is 0 Å². The molecule has 202 valence electrons. The fourth-order valence-corrected chi connectivity index (χ4v) is 4.61. The van der Waals surface area contributed by atoms with Crippen LogP contribution < -0.4 is 24.8 Å². The van der Waals surface area contributed by atoms with Gasteiger partial charge in [-0.05, 0) is 68.3 Å². The Morgan fingerprint density at radius 3 is 2.34 bits per heavy atom. The first-order chi connectivity index (χ1) is 18.1. The lowest BCUT2D eigenvalue weighted by Crippen LogP contribution is -2.37. The Kier molecular flexibility index (Phi) is 9.55. The fraction of sp³-hybridized carbons (Fsp3) is 0.259. The zero-order valence-corrected chi connectivity index (χ0v) is 22.1. The molecule has 11 heteroatoms. The number of anilines is 1. The highest BCUT2D eigenvalue weighted by molar-refractivity contribution is 7.90. The van der Waals surface area contributed by atoms with Crippen molar-refractivity contribution in [1.29, 1.82) is 0 Å². The molecule has 0 saturated heterocycles. The first kappa shape index (κ1) is 28.3. The SMILES string of the molecule is CCOc1cc(C(Nc2cccc(CNC(=O)O)c2)C(=O)NS(=O)(=O)c2ccccc2)ccc1OC(C)C. The summed E-state index contributed by atoms with van der Waals surface area (Å²) in [4.78, 5) is 24.3. The van der Waals surface area contributed by atoms with Gasteiger partial charge in [0.25, 0.3) is 15.9 Å². The van der Waals surface area contributed by atoms with Crippen LogP contribution in [-0.4, -0.2) is 38.2 Å². The molecule has 0 bridgehead atoms. The van der Waals surface area contributed by atoms with Crippen molar-refractivity contribution in [1.82, 2.24) is 10.0 Å². The van der Waals surface area contributed by atoms with Gasteiger partial charge in [-0.25, -0.2) is 17.9 Å². The molecule has 0 spiro atoms. The van der Waals surface area contributed by atoms with Crippen LogP contribution in [0.25, 0.3) is 0 Å².